The summed E-state index contributed by atoms with van der Waals surface area (Å²) in [5, 5.41) is 20.3. The Morgan fingerprint density at radius 1 is 1.03 bits per heavy atom. The Balaban J connectivity index is 1.48. The van der Waals surface area contributed by atoms with E-state index in [-0.39, 0.29) is 30.0 Å². The molecule has 4 rings (SSSR count). The van der Waals surface area contributed by atoms with Gasteiger partial charge in [0, 0.05) is 11.8 Å². The van der Waals surface area contributed by atoms with Gasteiger partial charge in [-0.15, -0.1) is 0 Å². The van der Waals surface area contributed by atoms with Gasteiger partial charge < -0.3 is 14.9 Å². The molecule has 0 aliphatic heterocycles. The predicted molar refractivity (Wildman–Crippen MR) is 114 cm³/mol. The number of Topliss-reactive ketones (excluding diaryl/α,β-unsaturated/α-hetero) is 1. The molecule has 0 radical (unpaired) electrons. The first-order valence-electron chi connectivity index (χ1n) is 11.9. The number of aliphatic carboxylic acids is 1. The summed E-state index contributed by atoms with van der Waals surface area (Å²) in [7, 11) is 0. The molecule has 4 aliphatic carbocycles. The molecule has 3 saturated carbocycles. The van der Waals surface area contributed by atoms with E-state index in [2.05, 4.69) is 6.92 Å². The molecule has 0 aromatic rings. The number of carboxylic acids is 1. The molecule has 7 nitrogen and oxygen atoms in total. The second kappa shape index (κ2) is 8.08. The summed E-state index contributed by atoms with van der Waals surface area (Å²) in [6.45, 7) is 3.80. The Morgan fingerprint density at radius 2 is 1.75 bits per heavy atom. The predicted octanol–water partition coefficient (Wildman–Crippen LogP) is 3.23. The molecular weight excluding hydrogens is 412 g/mol. The number of rotatable bonds is 6. The van der Waals surface area contributed by atoms with E-state index in [0.29, 0.717) is 24.7 Å². The van der Waals surface area contributed by atoms with E-state index in [1.54, 1.807) is 0 Å². The first-order chi connectivity index (χ1) is 15.0. The third-order valence-electron chi connectivity index (χ3n) is 9.48. The van der Waals surface area contributed by atoms with Gasteiger partial charge in [0.2, 0.25) is 5.78 Å². The van der Waals surface area contributed by atoms with Gasteiger partial charge in [0.05, 0.1) is 12.8 Å². The number of ether oxygens (including phenoxy) is 1. The summed E-state index contributed by atoms with van der Waals surface area (Å²) in [4.78, 5) is 47.4. The van der Waals surface area contributed by atoms with Crippen LogP contribution in [0.2, 0.25) is 0 Å². The zero-order valence-electron chi connectivity index (χ0n) is 19.0. The Kier molecular flexibility index (Phi) is 5.85. The van der Waals surface area contributed by atoms with Gasteiger partial charge in [0.15, 0.2) is 12.4 Å². The Labute approximate surface area is 188 Å². The molecule has 0 aromatic heterocycles. The number of fused-ring (bicyclic) bond motifs is 5. The molecule has 176 valence electrons. The van der Waals surface area contributed by atoms with Crippen LogP contribution in [0.1, 0.15) is 78.1 Å². The van der Waals surface area contributed by atoms with Crippen molar-refractivity contribution >= 4 is 23.5 Å². The minimum Gasteiger partial charge on any atom is -0.481 e. The van der Waals surface area contributed by atoms with E-state index in [4.69, 9.17) is 9.84 Å². The van der Waals surface area contributed by atoms with E-state index in [9.17, 15) is 24.3 Å². The second-order valence-corrected chi connectivity index (χ2v) is 10.8. The molecule has 0 bridgehead atoms. The molecule has 0 saturated heterocycles. The lowest BCUT2D eigenvalue weighted by molar-refractivity contribution is -0.170. The maximum absolute atomic E-state index is 13.1. The molecule has 0 amide bonds. The van der Waals surface area contributed by atoms with Crippen molar-refractivity contribution in [1.29, 1.82) is 0 Å². The smallest absolute Gasteiger partial charge is 0.306 e. The number of aliphatic hydroxyl groups is 1. The number of hydrogen-bond donors (Lipinski definition) is 2. The standard InChI is InChI=1S/C25H34O7/c1-23-10-7-16(26)13-15(23)3-4-17-18(23)8-11-24(2)19(17)9-12-25(24,31)20(27)14-32-22(30)6-5-21(28)29/h13,17-19,31H,3-12,14H2,1-2H3,(H,28,29). The number of carboxylic acid groups (broad SMARTS) is 1. The molecule has 4 aliphatic rings. The Bertz CT molecular complexity index is 876. The van der Waals surface area contributed by atoms with Gasteiger partial charge in [-0.3, -0.25) is 19.2 Å². The molecule has 3 fully saturated rings. The van der Waals surface area contributed by atoms with Crippen molar-refractivity contribution in [2.75, 3.05) is 6.61 Å². The molecule has 6 atom stereocenters. The van der Waals surface area contributed by atoms with Gasteiger partial charge in [0.1, 0.15) is 5.60 Å². The maximum Gasteiger partial charge on any atom is 0.306 e. The average molecular weight is 447 g/mol. The lowest BCUT2D eigenvalue weighted by Crippen LogP contribution is -2.58. The minimum atomic E-state index is -1.53. The first kappa shape index (κ1) is 23.1. The van der Waals surface area contributed by atoms with E-state index >= 15 is 0 Å². The summed E-state index contributed by atoms with van der Waals surface area (Å²) in [6, 6.07) is 0. The largest absolute Gasteiger partial charge is 0.481 e. The van der Waals surface area contributed by atoms with Crippen molar-refractivity contribution in [2.24, 2.45) is 28.6 Å². The first-order valence-corrected chi connectivity index (χ1v) is 11.9. The molecule has 2 N–H and O–H groups in total. The number of carbonyl (C=O) groups excluding carboxylic acids is 3. The molecule has 0 heterocycles. The summed E-state index contributed by atoms with van der Waals surface area (Å²) >= 11 is 0. The van der Waals surface area contributed by atoms with Gasteiger partial charge in [0.25, 0.3) is 0 Å². The molecule has 0 spiro atoms. The van der Waals surface area contributed by atoms with Crippen LogP contribution in [0.25, 0.3) is 0 Å². The third kappa shape index (κ3) is 3.53. The zero-order valence-corrected chi connectivity index (χ0v) is 19.0. The van der Waals surface area contributed by atoms with Gasteiger partial charge in [-0.05, 0) is 74.2 Å². The molecule has 0 aromatic carbocycles. The summed E-state index contributed by atoms with van der Waals surface area (Å²) in [5.74, 6) is -1.00. The van der Waals surface area contributed by atoms with Crippen LogP contribution in [0.15, 0.2) is 11.6 Å². The SMILES string of the molecule is CC12CCC(=O)C=C1CCC1C2CCC2(C)C1CCC2(O)C(=O)COC(=O)CCC(=O)O. The van der Waals surface area contributed by atoms with Crippen molar-refractivity contribution in [3.63, 3.8) is 0 Å². The van der Waals surface area contributed by atoms with E-state index in [1.165, 1.54) is 5.57 Å². The summed E-state index contributed by atoms with van der Waals surface area (Å²) < 4.78 is 5.01. The Morgan fingerprint density at radius 3 is 2.47 bits per heavy atom. The highest BCUT2D eigenvalue weighted by molar-refractivity contribution is 5.92. The van der Waals surface area contributed by atoms with Gasteiger partial charge >= 0.3 is 11.9 Å². The fourth-order valence-electron chi connectivity index (χ4n) is 7.58. The number of carbonyl (C=O) groups is 4. The van der Waals surface area contributed by atoms with E-state index in [1.807, 2.05) is 13.0 Å². The van der Waals surface area contributed by atoms with Crippen molar-refractivity contribution in [1.82, 2.24) is 0 Å². The maximum atomic E-state index is 13.1. The highest BCUT2D eigenvalue weighted by Crippen LogP contribution is 2.67. The van der Waals surface area contributed by atoms with Crippen LogP contribution in [-0.4, -0.2) is 45.9 Å². The number of esters is 1. The quantitative estimate of drug-likeness (QED) is 0.601. The van der Waals surface area contributed by atoms with Crippen LogP contribution in [0.4, 0.5) is 0 Å². The van der Waals surface area contributed by atoms with Crippen molar-refractivity contribution in [3.05, 3.63) is 11.6 Å². The van der Waals surface area contributed by atoms with Crippen LogP contribution in [0, 0.1) is 28.6 Å². The molecule has 32 heavy (non-hydrogen) atoms. The summed E-state index contributed by atoms with van der Waals surface area (Å²) in [6.07, 6.45) is 7.37. The number of allylic oxidation sites excluding steroid dienone is 1. The van der Waals surface area contributed by atoms with Crippen molar-refractivity contribution < 1.29 is 34.1 Å². The lowest BCUT2D eigenvalue weighted by Gasteiger charge is -2.58. The van der Waals surface area contributed by atoms with Gasteiger partial charge in [-0.2, -0.15) is 0 Å². The normalized spacial score (nSPS) is 40.5. The van der Waals surface area contributed by atoms with Crippen LogP contribution in [0.5, 0.6) is 0 Å². The third-order valence-corrected chi connectivity index (χ3v) is 9.48. The van der Waals surface area contributed by atoms with Crippen LogP contribution in [-0.2, 0) is 23.9 Å². The van der Waals surface area contributed by atoms with E-state index in [0.717, 1.165) is 38.5 Å². The highest BCUT2D eigenvalue weighted by atomic mass is 16.5. The van der Waals surface area contributed by atoms with E-state index < -0.39 is 35.3 Å². The van der Waals surface area contributed by atoms with Crippen molar-refractivity contribution in [3.8, 4) is 0 Å². The minimum absolute atomic E-state index is 0.0303. The zero-order chi connectivity index (χ0) is 23.3. The van der Waals surface area contributed by atoms with Crippen LogP contribution < -0.4 is 0 Å². The average Bonchev–Trinajstić information content (AvgIpc) is 3.03. The number of ketones is 2. The topological polar surface area (TPSA) is 118 Å². The van der Waals surface area contributed by atoms with Crippen molar-refractivity contribution in [2.45, 2.75) is 83.7 Å². The van der Waals surface area contributed by atoms with Crippen LogP contribution in [0.3, 0.4) is 0 Å². The molecular formula is C25H34O7. The second-order valence-electron chi connectivity index (χ2n) is 10.8. The fraction of sp³-hybridized carbons (Fsp3) is 0.760. The Hall–Kier alpha value is -2.02. The lowest BCUT2D eigenvalue weighted by atomic mass is 9.46. The summed E-state index contributed by atoms with van der Waals surface area (Å²) in [5.41, 5.74) is -0.783. The monoisotopic (exact) mass is 446 g/mol. The molecule has 7 heteroatoms. The molecule has 6 unspecified atom stereocenters. The van der Waals surface area contributed by atoms with Gasteiger partial charge in [-0.25, -0.2) is 0 Å². The van der Waals surface area contributed by atoms with Gasteiger partial charge in [-0.1, -0.05) is 19.4 Å². The van der Waals surface area contributed by atoms with Crippen LogP contribution >= 0.6 is 0 Å². The highest BCUT2D eigenvalue weighted by Gasteiger charge is 2.66. The number of hydrogen-bond acceptors (Lipinski definition) is 6. The fourth-order valence-corrected chi connectivity index (χ4v) is 7.58.